The maximum absolute atomic E-state index is 5.60. The van der Waals surface area contributed by atoms with Crippen molar-refractivity contribution in [3.63, 3.8) is 0 Å². The van der Waals surface area contributed by atoms with Crippen molar-refractivity contribution in [1.29, 1.82) is 0 Å². The third-order valence-electron chi connectivity index (χ3n) is 3.08. The number of para-hydroxylation sites is 1. The van der Waals surface area contributed by atoms with Crippen LogP contribution in [0, 0.1) is 6.92 Å². The normalized spacial score (nSPS) is 12.9. The van der Waals surface area contributed by atoms with Crippen LogP contribution in [0.15, 0.2) is 30.3 Å². The molecule has 0 fully saturated rings. The van der Waals surface area contributed by atoms with E-state index in [0.29, 0.717) is 0 Å². The van der Waals surface area contributed by atoms with Crippen LogP contribution in [0.2, 0.25) is 0 Å². The highest BCUT2D eigenvalue weighted by atomic mass is 15.2. The number of pyridine rings is 1. The summed E-state index contributed by atoms with van der Waals surface area (Å²) in [5.74, 6) is 5.60. The van der Waals surface area contributed by atoms with E-state index in [9.17, 15) is 0 Å². The molecule has 0 spiro atoms. The molecular weight excluding hydrogens is 210 g/mol. The maximum atomic E-state index is 5.60. The third kappa shape index (κ3) is 2.46. The van der Waals surface area contributed by atoms with E-state index in [1.54, 1.807) is 0 Å². The van der Waals surface area contributed by atoms with Gasteiger partial charge in [-0.15, -0.1) is 0 Å². The molecule has 0 aliphatic carbocycles. The number of aryl methyl sites for hydroxylation is 1. The third-order valence-corrected chi connectivity index (χ3v) is 3.08. The zero-order valence-electron chi connectivity index (χ0n) is 10.4. The van der Waals surface area contributed by atoms with Gasteiger partial charge in [-0.2, -0.15) is 0 Å². The molecule has 3 N–H and O–H groups in total. The van der Waals surface area contributed by atoms with Crippen LogP contribution in [0.25, 0.3) is 10.9 Å². The Morgan fingerprint density at radius 1 is 1.35 bits per heavy atom. The smallest absolute Gasteiger partial charge is 0.0708 e. The quantitative estimate of drug-likeness (QED) is 0.626. The van der Waals surface area contributed by atoms with Gasteiger partial charge in [0, 0.05) is 5.39 Å². The number of nitrogens with zero attached hydrogens (tertiary/aromatic N) is 1. The van der Waals surface area contributed by atoms with Crippen molar-refractivity contribution in [3.8, 4) is 0 Å². The molecule has 1 aromatic heterocycles. The molecule has 2 rings (SSSR count). The number of hydrogen-bond donors (Lipinski definition) is 2. The molecule has 0 saturated carbocycles. The van der Waals surface area contributed by atoms with Gasteiger partial charge in [0.15, 0.2) is 0 Å². The van der Waals surface area contributed by atoms with E-state index in [-0.39, 0.29) is 6.04 Å². The van der Waals surface area contributed by atoms with Crippen molar-refractivity contribution >= 4 is 10.9 Å². The number of benzene rings is 1. The van der Waals surface area contributed by atoms with Crippen LogP contribution in [0.1, 0.15) is 37.1 Å². The average molecular weight is 229 g/mol. The molecule has 2 aromatic rings. The largest absolute Gasteiger partial charge is 0.271 e. The first-order valence-corrected chi connectivity index (χ1v) is 6.08. The van der Waals surface area contributed by atoms with E-state index in [1.165, 1.54) is 10.9 Å². The van der Waals surface area contributed by atoms with Gasteiger partial charge in [-0.25, -0.2) is 0 Å². The predicted octanol–water partition coefficient (Wildman–Crippen LogP) is 2.85. The Bertz CT molecular complexity index is 508. The standard InChI is InChI=1S/C14H19N3/c1-3-6-13(17-15)14-9-10(2)11-7-4-5-8-12(11)16-14/h4-5,7-9,13,17H,3,6,15H2,1-2H3. The van der Waals surface area contributed by atoms with Crippen LogP contribution in [-0.4, -0.2) is 4.98 Å². The minimum absolute atomic E-state index is 0.142. The predicted molar refractivity (Wildman–Crippen MR) is 71.5 cm³/mol. The van der Waals surface area contributed by atoms with Gasteiger partial charge in [-0.3, -0.25) is 16.3 Å². The molecule has 1 heterocycles. The lowest BCUT2D eigenvalue weighted by molar-refractivity contribution is 0.500. The van der Waals surface area contributed by atoms with Crippen LogP contribution < -0.4 is 11.3 Å². The van der Waals surface area contributed by atoms with E-state index in [0.717, 1.165) is 24.1 Å². The molecule has 17 heavy (non-hydrogen) atoms. The molecule has 1 unspecified atom stereocenters. The van der Waals surface area contributed by atoms with Gasteiger partial charge in [-0.1, -0.05) is 31.5 Å². The summed E-state index contributed by atoms with van der Waals surface area (Å²) in [6.07, 6.45) is 2.09. The molecule has 3 heteroatoms. The van der Waals surface area contributed by atoms with Crippen molar-refractivity contribution in [2.75, 3.05) is 0 Å². The van der Waals surface area contributed by atoms with E-state index in [1.807, 2.05) is 18.2 Å². The lowest BCUT2D eigenvalue weighted by Gasteiger charge is -2.16. The molecule has 1 aromatic carbocycles. The number of nitrogens with one attached hydrogen (secondary N) is 1. The number of rotatable bonds is 4. The lowest BCUT2D eigenvalue weighted by Crippen LogP contribution is -2.28. The Kier molecular flexibility index (Phi) is 3.71. The fourth-order valence-electron chi connectivity index (χ4n) is 2.16. The molecule has 3 nitrogen and oxygen atoms in total. The van der Waals surface area contributed by atoms with Gasteiger partial charge in [0.05, 0.1) is 17.3 Å². The molecule has 0 aliphatic rings. The van der Waals surface area contributed by atoms with Crippen LogP contribution in [0.5, 0.6) is 0 Å². The van der Waals surface area contributed by atoms with E-state index >= 15 is 0 Å². The molecule has 0 aliphatic heterocycles. The molecule has 90 valence electrons. The summed E-state index contributed by atoms with van der Waals surface area (Å²) in [6, 6.07) is 10.5. The summed E-state index contributed by atoms with van der Waals surface area (Å²) < 4.78 is 0. The zero-order valence-corrected chi connectivity index (χ0v) is 10.4. The fraction of sp³-hybridized carbons (Fsp3) is 0.357. The SMILES string of the molecule is CCCC(NN)c1cc(C)c2ccccc2n1. The van der Waals surface area contributed by atoms with Crippen molar-refractivity contribution in [1.82, 2.24) is 10.4 Å². The fourth-order valence-corrected chi connectivity index (χ4v) is 2.16. The highest BCUT2D eigenvalue weighted by molar-refractivity contribution is 5.82. The number of nitrogens with two attached hydrogens (primary N) is 1. The first kappa shape index (κ1) is 12.0. The van der Waals surface area contributed by atoms with Crippen molar-refractivity contribution in [3.05, 3.63) is 41.6 Å². The summed E-state index contributed by atoms with van der Waals surface area (Å²) in [4.78, 5) is 4.68. The summed E-state index contributed by atoms with van der Waals surface area (Å²) >= 11 is 0. The van der Waals surface area contributed by atoms with Crippen molar-refractivity contribution in [2.24, 2.45) is 5.84 Å². The van der Waals surface area contributed by atoms with Gasteiger partial charge in [0.2, 0.25) is 0 Å². The molecule has 0 saturated heterocycles. The summed E-state index contributed by atoms with van der Waals surface area (Å²) in [7, 11) is 0. The van der Waals surface area contributed by atoms with Crippen LogP contribution >= 0.6 is 0 Å². The van der Waals surface area contributed by atoms with Gasteiger partial charge in [0.25, 0.3) is 0 Å². The van der Waals surface area contributed by atoms with E-state index in [2.05, 4.69) is 36.4 Å². The minimum Gasteiger partial charge on any atom is -0.271 e. The molecule has 0 bridgehead atoms. The Morgan fingerprint density at radius 3 is 2.82 bits per heavy atom. The van der Waals surface area contributed by atoms with Crippen LogP contribution in [0.4, 0.5) is 0 Å². The Hall–Kier alpha value is -1.45. The van der Waals surface area contributed by atoms with Gasteiger partial charge >= 0.3 is 0 Å². The molecular formula is C14H19N3. The lowest BCUT2D eigenvalue weighted by atomic mass is 10.0. The molecule has 0 radical (unpaired) electrons. The number of aromatic nitrogens is 1. The zero-order chi connectivity index (χ0) is 12.3. The summed E-state index contributed by atoms with van der Waals surface area (Å²) in [5, 5.41) is 1.21. The molecule has 1 atom stereocenters. The van der Waals surface area contributed by atoms with Gasteiger partial charge in [0.1, 0.15) is 0 Å². The first-order valence-electron chi connectivity index (χ1n) is 6.08. The highest BCUT2D eigenvalue weighted by Crippen LogP contribution is 2.22. The van der Waals surface area contributed by atoms with E-state index in [4.69, 9.17) is 5.84 Å². The summed E-state index contributed by atoms with van der Waals surface area (Å²) in [5.41, 5.74) is 6.17. The monoisotopic (exact) mass is 229 g/mol. The van der Waals surface area contributed by atoms with Crippen molar-refractivity contribution < 1.29 is 0 Å². The first-order chi connectivity index (χ1) is 8.26. The van der Waals surface area contributed by atoms with Crippen LogP contribution in [-0.2, 0) is 0 Å². The highest BCUT2D eigenvalue weighted by Gasteiger charge is 2.11. The Morgan fingerprint density at radius 2 is 2.12 bits per heavy atom. The molecule has 0 amide bonds. The maximum Gasteiger partial charge on any atom is 0.0708 e. The average Bonchev–Trinajstić information content (AvgIpc) is 2.36. The summed E-state index contributed by atoms with van der Waals surface area (Å²) in [6.45, 7) is 4.27. The second-order valence-electron chi connectivity index (χ2n) is 4.39. The van der Waals surface area contributed by atoms with Crippen LogP contribution in [0.3, 0.4) is 0 Å². The van der Waals surface area contributed by atoms with Crippen molar-refractivity contribution in [2.45, 2.75) is 32.7 Å². The topological polar surface area (TPSA) is 50.9 Å². The second-order valence-corrected chi connectivity index (χ2v) is 4.39. The van der Waals surface area contributed by atoms with Gasteiger partial charge < -0.3 is 0 Å². The number of hydrogen-bond acceptors (Lipinski definition) is 3. The van der Waals surface area contributed by atoms with Gasteiger partial charge in [-0.05, 0) is 31.0 Å². The number of fused-ring (bicyclic) bond motifs is 1. The second kappa shape index (κ2) is 5.25. The Balaban J connectivity index is 2.48. The number of hydrazine groups is 1. The minimum atomic E-state index is 0.142. The van der Waals surface area contributed by atoms with E-state index < -0.39 is 0 Å². The Labute approximate surface area is 102 Å².